The lowest BCUT2D eigenvalue weighted by molar-refractivity contribution is 0.679. The summed E-state index contributed by atoms with van der Waals surface area (Å²) in [7, 11) is 0. The van der Waals surface area contributed by atoms with E-state index >= 15 is 0 Å². The van der Waals surface area contributed by atoms with Crippen molar-refractivity contribution >= 4 is 11.8 Å². The molecule has 0 saturated carbocycles. The van der Waals surface area contributed by atoms with E-state index in [0.29, 0.717) is 6.54 Å². The van der Waals surface area contributed by atoms with E-state index in [4.69, 9.17) is 0 Å². The molecule has 1 rings (SSSR count). The standard InChI is InChI=1S/C7H10N2O2S/c1-12-5-4-9-6(10)2-3-8-7(9)11/h2-3H,4-5H2,1H3,(H,8,11). The Morgan fingerprint density at radius 2 is 2.33 bits per heavy atom. The molecule has 0 saturated heterocycles. The van der Waals surface area contributed by atoms with Crippen LogP contribution in [0.25, 0.3) is 0 Å². The van der Waals surface area contributed by atoms with Gasteiger partial charge in [0.2, 0.25) is 0 Å². The van der Waals surface area contributed by atoms with Crippen LogP contribution in [0.1, 0.15) is 0 Å². The number of nitrogens with one attached hydrogen (secondary N) is 1. The van der Waals surface area contributed by atoms with Gasteiger partial charge in [-0.1, -0.05) is 0 Å². The molecule has 0 aliphatic carbocycles. The van der Waals surface area contributed by atoms with E-state index in [1.807, 2.05) is 6.26 Å². The maximum atomic E-state index is 11.1. The minimum Gasteiger partial charge on any atom is -0.314 e. The maximum absolute atomic E-state index is 11.1. The largest absolute Gasteiger partial charge is 0.328 e. The quantitative estimate of drug-likeness (QED) is 0.717. The first-order chi connectivity index (χ1) is 5.75. The Hall–Kier alpha value is -0.970. The van der Waals surface area contributed by atoms with E-state index in [1.165, 1.54) is 16.8 Å². The van der Waals surface area contributed by atoms with Crippen LogP contribution in [0.4, 0.5) is 0 Å². The molecule has 0 radical (unpaired) electrons. The molecule has 0 unspecified atom stereocenters. The average molecular weight is 186 g/mol. The van der Waals surface area contributed by atoms with Crippen molar-refractivity contribution in [2.45, 2.75) is 6.54 Å². The molecule has 12 heavy (non-hydrogen) atoms. The van der Waals surface area contributed by atoms with Gasteiger partial charge in [0.15, 0.2) is 0 Å². The van der Waals surface area contributed by atoms with Gasteiger partial charge >= 0.3 is 5.69 Å². The molecule has 1 aromatic heterocycles. The summed E-state index contributed by atoms with van der Waals surface area (Å²) >= 11 is 1.60. The second-order valence-electron chi connectivity index (χ2n) is 2.27. The van der Waals surface area contributed by atoms with Crippen LogP contribution in [0.15, 0.2) is 21.9 Å². The minimum atomic E-state index is -0.337. The lowest BCUT2D eigenvalue weighted by atomic mass is 10.6. The van der Waals surface area contributed by atoms with E-state index in [1.54, 1.807) is 11.8 Å². The van der Waals surface area contributed by atoms with Gasteiger partial charge in [0.05, 0.1) is 0 Å². The van der Waals surface area contributed by atoms with Crippen LogP contribution in [0, 0.1) is 0 Å². The van der Waals surface area contributed by atoms with Gasteiger partial charge in [-0.3, -0.25) is 9.36 Å². The highest BCUT2D eigenvalue weighted by atomic mass is 32.2. The normalized spacial score (nSPS) is 10.1. The zero-order chi connectivity index (χ0) is 8.97. The Balaban J connectivity index is 2.97. The number of H-pyrrole nitrogens is 1. The lowest BCUT2D eigenvalue weighted by Crippen LogP contribution is -2.34. The van der Waals surface area contributed by atoms with Crippen LogP contribution < -0.4 is 11.2 Å². The smallest absolute Gasteiger partial charge is 0.314 e. The van der Waals surface area contributed by atoms with Crippen molar-refractivity contribution in [1.29, 1.82) is 0 Å². The highest BCUT2D eigenvalue weighted by molar-refractivity contribution is 7.98. The number of hydrogen-bond acceptors (Lipinski definition) is 3. The minimum absolute atomic E-state index is 0.243. The van der Waals surface area contributed by atoms with Gasteiger partial charge in [0.1, 0.15) is 0 Å². The van der Waals surface area contributed by atoms with Gasteiger partial charge in [-0.05, 0) is 6.26 Å². The van der Waals surface area contributed by atoms with Gasteiger partial charge in [-0.15, -0.1) is 0 Å². The molecular formula is C7H10N2O2S. The van der Waals surface area contributed by atoms with Crippen molar-refractivity contribution < 1.29 is 0 Å². The van der Waals surface area contributed by atoms with Crippen molar-refractivity contribution in [3.63, 3.8) is 0 Å². The monoisotopic (exact) mass is 186 g/mol. The third-order valence-corrected chi connectivity index (χ3v) is 2.05. The molecule has 1 N–H and O–H groups in total. The van der Waals surface area contributed by atoms with Crippen LogP contribution in [0.3, 0.4) is 0 Å². The second-order valence-corrected chi connectivity index (χ2v) is 3.25. The summed E-state index contributed by atoms with van der Waals surface area (Å²) in [5.41, 5.74) is -0.579. The fourth-order valence-electron chi connectivity index (χ4n) is 0.847. The summed E-state index contributed by atoms with van der Waals surface area (Å²) in [6.07, 6.45) is 3.29. The third-order valence-electron chi connectivity index (χ3n) is 1.46. The number of rotatable bonds is 3. The molecule has 0 aliphatic rings. The number of hydrogen-bond donors (Lipinski definition) is 1. The fraction of sp³-hybridized carbons (Fsp3) is 0.429. The van der Waals surface area contributed by atoms with E-state index in [9.17, 15) is 9.59 Å². The van der Waals surface area contributed by atoms with E-state index in [2.05, 4.69) is 4.98 Å². The summed E-state index contributed by atoms with van der Waals surface area (Å²) < 4.78 is 1.19. The first kappa shape index (κ1) is 9.12. The molecule has 66 valence electrons. The summed E-state index contributed by atoms with van der Waals surface area (Å²) in [4.78, 5) is 24.6. The summed E-state index contributed by atoms with van der Waals surface area (Å²) in [6.45, 7) is 0.468. The number of aromatic nitrogens is 2. The Bertz CT molecular complexity index is 327. The van der Waals surface area contributed by atoms with E-state index in [-0.39, 0.29) is 11.2 Å². The summed E-state index contributed by atoms with van der Waals surface area (Å²) in [5.74, 6) is 0.771. The SMILES string of the molecule is CSCCn1c(=O)cc[nH]c1=O. The van der Waals surface area contributed by atoms with Crippen LogP contribution in [0.5, 0.6) is 0 Å². The van der Waals surface area contributed by atoms with Gasteiger partial charge < -0.3 is 4.98 Å². The number of nitrogens with zero attached hydrogens (tertiary/aromatic N) is 1. The molecule has 0 fully saturated rings. The summed E-state index contributed by atoms with van der Waals surface area (Å²) in [6, 6.07) is 1.35. The van der Waals surface area contributed by atoms with E-state index < -0.39 is 0 Å². The molecule has 5 heteroatoms. The van der Waals surface area contributed by atoms with Crippen molar-refractivity contribution in [2.24, 2.45) is 0 Å². The molecule has 0 aliphatic heterocycles. The Labute approximate surface area is 73.6 Å². The zero-order valence-corrected chi connectivity index (χ0v) is 7.56. The fourth-order valence-corrected chi connectivity index (χ4v) is 1.21. The predicted molar refractivity (Wildman–Crippen MR) is 49.7 cm³/mol. The number of thioether (sulfide) groups is 1. The van der Waals surface area contributed by atoms with Crippen LogP contribution >= 0.6 is 11.8 Å². The lowest BCUT2D eigenvalue weighted by Gasteiger charge is -2.00. The van der Waals surface area contributed by atoms with Crippen LogP contribution in [-0.4, -0.2) is 21.6 Å². The predicted octanol–water partition coefficient (Wildman–Crippen LogP) is -0.100. The van der Waals surface area contributed by atoms with Gasteiger partial charge in [0.25, 0.3) is 5.56 Å². The van der Waals surface area contributed by atoms with E-state index in [0.717, 1.165) is 5.75 Å². The molecule has 4 nitrogen and oxygen atoms in total. The first-order valence-corrected chi connectivity index (χ1v) is 4.92. The zero-order valence-electron chi connectivity index (χ0n) is 6.74. The highest BCUT2D eigenvalue weighted by Crippen LogP contribution is 1.89. The first-order valence-electron chi connectivity index (χ1n) is 3.53. The summed E-state index contributed by atoms with van der Waals surface area (Å²) in [5, 5.41) is 0. The maximum Gasteiger partial charge on any atom is 0.328 e. The van der Waals surface area contributed by atoms with Gasteiger partial charge in [-0.2, -0.15) is 11.8 Å². The highest BCUT2D eigenvalue weighted by Gasteiger charge is 1.97. The number of aromatic amines is 1. The Morgan fingerprint density at radius 3 is 2.92 bits per heavy atom. The molecule has 1 aromatic rings. The molecular weight excluding hydrogens is 176 g/mol. The van der Waals surface area contributed by atoms with Gasteiger partial charge in [0, 0.05) is 24.6 Å². The van der Waals surface area contributed by atoms with Crippen LogP contribution in [-0.2, 0) is 6.54 Å². The molecule has 1 heterocycles. The second kappa shape index (κ2) is 4.15. The Morgan fingerprint density at radius 1 is 1.58 bits per heavy atom. The average Bonchev–Trinajstić information content (AvgIpc) is 2.04. The van der Waals surface area contributed by atoms with Crippen molar-refractivity contribution in [3.05, 3.63) is 33.1 Å². The topological polar surface area (TPSA) is 54.9 Å². The van der Waals surface area contributed by atoms with Crippen molar-refractivity contribution in [3.8, 4) is 0 Å². The Kier molecular flexibility index (Phi) is 3.16. The molecule has 0 amide bonds. The van der Waals surface area contributed by atoms with Gasteiger partial charge in [-0.25, -0.2) is 4.79 Å². The van der Waals surface area contributed by atoms with Crippen LogP contribution in [0.2, 0.25) is 0 Å². The third kappa shape index (κ3) is 2.01. The molecule has 0 aromatic carbocycles. The molecule has 0 spiro atoms. The molecule has 0 atom stereocenters. The molecule has 0 bridgehead atoms. The van der Waals surface area contributed by atoms with Crippen molar-refractivity contribution in [1.82, 2.24) is 9.55 Å². The van der Waals surface area contributed by atoms with Crippen molar-refractivity contribution in [2.75, 3.05) is 12.0 Å².